The number of hydrogen-bond donors (Lipinski definition) is 0. The number of ether oxygens (including phenoxy) is 1. The highest BCUT2D eigenvalue weighted by atomic mass is 35.5. The molecule has 3 rings (SSSR count). The molecule has 0 bridgehead atoms. The highest BCUT2D eigenvalue weighted by Gasteiger charge is 2.27. The van der Waals surface area contributed by atoms with Crippen molar-refractivity contribution in [3.8, 4) is 6.01 Å². The maximum atomic E-state index is 12.8. The van der Waals surface area contributed by atoms with E-state index in [1.165, 1.54) is 11.3 Å². The van der Waals surface area contributed by atoms with Crippen LogP contribution in [0.2, 0.25) is 4.34 Å². The largest absolute Gasteiger partial charge is 0.458 e. The van der Waals surface area contributed by atoms with Gasteiger partial charge in [-0.3, -0.25) is 4.79 Å². The lowest BCUT2D eigenvalue weighted by Gasteiger charge is -2.32. The van der Waals surface area contributed by atoms with Crippen molar-refractivity contribution in [3.05, 3.63) is 39.6 Å². The Kier molecular flexibility index (Phi) is 4.54. The zero-order valence-electron chi connectivity index (χ0n) is 11.5. The van der Waals surface area contributed by atoms with Gasteiger partial charge in [-0.2, -0.15) is 0 Å². The van der Waals surface area contributed by atoms with Crippen LogP contribution in [0.4, 0.5) is 4.39 Å². The SMILES string of the molecule is O=C(c1ccc(Cl)s1)N1CCC[C@H](Oc2ncc(F)cn2)C1. The van der Waals surface area contributed by atoms with Gasteiger partial charge < -0.3 is 9.64 Å². The number of carbonyl (C=O) groups is 1. The second-order valence-corrected chi connectivity index (χ2v) is 6.64. The Morgan fingerprint density at radius 1 is 1.41 bits per heavy atom. The lowest BCUT2D eigenvalue weighted by Crippen LogP contribution is -2.44. The van der Waals surface area contributed by atoms with Gasteiger partial charge in [0.2, 0.25) is 0 Å². The van der Waals surface area contributed by atoms with E-state index in [9.17, 15) is 9.18 Å². The molecule has 1 saturated heterocycles. The van der Waals surface area contributed by atoms with Gasteiger partial charge >= 0.3 is 6.01 Å². The van der Waals surface area contributed by atoms with Gasteiger partial charge in [0.1, 0.15) is 6.10 Å². The zero-order valence-corrected chi connectivity index (χ0v) is 13.1. The summed E-state index contributed by atoms with van der Waals surface area (Å²) in [5.74, 6) is -0.562. The minimum absolute atomic E-state index is 0.0507. The topological polar surface area (TPSA) is 55.3 Å². The van der Waals surface area contributed by atoms with Crippen LogP contribution in [0.1, 0.15) is 22.5 Å². The molecule has 2 aromatic rings. The van der Waals surface area contributed by atoms with E-state index in [4.69, 9.17) is 16.3 Å². The number of rotatable bonds is 3. The molecule has 5 nitrogen and oxygen atoms in total. The summed E-state index contributed by atoms with van der Waals surface area (Å²) in [6.45, 7) is 1.13. The summed E-state index contributed by atoms with van der Waals surface area (Å²) in [6.07, 6.45) is 3.55. The van der Waals surface area contributed by atoms with Crippen LogP contribution >= 0.6 is 22.9 Å². The molecule has 116 valence electrons. The summed E-state index contributed by atoms with van der Waals surface area (Å²) in [5, 5.41) is 0. The number of likely N-dealkylation sites (tertiary alicyclic amines) is 1. The van der Waals surface area contributed by atoms with Crippen molar-refractivity contribution in [2.24, 2.45) is 0 Å². The first-order valence-electron chi connectivity index (χ1n) is 6.80. The summed E-state index contributed by atoms with van der Waals surface area (Å²) in [6, 6.07) is 3.56. The highest BCUT2D eigenvalue weighted by Crippen LogP contribution is 2.24. The van der Waals surface area contributed by atoms with Crippen molar-refractivity contribution in [3.63, 3.8) is 0 Å². The van der Waals surface area contributed by atoms with Crippen LogP contribution in [0.5, 0.6) is 6.01 Å². The van der Waals surface area contributed by atoms with Gasteiger partial charge in [-0.15, -0.1) is 11.3 Å². The molecule has 0 spiro atoms. The summed E-state index contributed by atoms with van der Waals surface area (Å²) in [4.78, 5) is 22.3. The van der Waals surface area contributed by atoms with E-state index in [1.807, 2.05) is 0 Å². The second kappa shape index (κ2) is 6.58. The standard InChI is InChI=1S/C14H13ClFN3O2S/c15-12-4-3-11(22-12)13(20)19-5-1-2-10(8-19)21-14-17-6-9(16)7-18-14/h3-4,6-7,10H,1-2,5,8H2/t10-/m0/s1. The first kappa shape index (κ1) is 15.2. The van der Waals surface area contributed by atoms with Crippen LogP contribution in [0.25, 0.3) is 0 Å². The average molecular weight is 342 g/mol. The minimum atomic E-state index is -0.512. The molecule has 22 heavy (non-hydrogen) atoms. The molecule has 1 atom stereocenters. The van der Waals surface area contributed by atoms with E-state index >= 15 is 0 Å². The third-order valence-corrected chi connectivity index (χ3v) is 4.54. The van der Waals surface area contributed by atoms with Crippen molar-refractivity contribution >= 4 is 28.8 Å². The molecular formula is C14H13ClFN3O2S. The highest BCUT2D eigenvalue weighted by molar-refractivity contribution is 7.17. The Bertz CT molecular complexity index is 664. The molecule has 2 aromatic heterocycles. The molecule has 0 unspecified atom stereocenters. The van der Waals surface area contributed by atoms with Crippen LogP contribution < -0.4 is 4.74 Å². The molecule has 8 heteroatoms. The van der Waals surface area contributed by atoms with Crippen LogP contribution in [-0.2, 0) is 0 Å². The Morgan fingerprint density at radius 2 is 2.18 bits per heavy atom. The molecule has 0 N–H and O–H groups in total. The van der Waals surface area contributed by atoms with Crippen molar-refractivity contribution in [2.45, 2.75) is 18.9 Å². The quantitative estimate of drug-likeness (QED) is 0.861. The van der Waals surface area contributed by atoms with Crippen molar-refractivity contribution < 1.29 is 13.9 Å². The van der Waals surface area contributed by atoms with Crippen molar-refractivity contribution in [1.29, 1.82) is 0 Å². The van der Waals surface area contributed by atoms with E-state index in [2.05, 4.69) is 9.97 Å². The molecule has 3 heterocycles. The number of carbonyl (C=O) groups excluding carboxylic acids is 1. The normalized spacial score (nSPS) is 18.3. The smallest absolute Gasteiger partial charge is 0.316 e. The third-order valence-electron chi connectivity index (χ3n) is 3.32. The van der Waals surface area contributed by atoms with Crippen LogP contribution in [-0.4, -0.2) is 40.0 Å². The van der Waals surface area contributed by atoms with Gasteiger partial charge in [-0.1, -0.05) is 11.6 Å². The lowest BCUT2D eigenvalue weighted by atomic mass is 10.1. The molecule has 0 aliphatic carbocycles. The fraction of sp³-hybridized carbons (Fsp3) is 0.357. The van der Waals surface area contributed by atoms with Crippen molar-refractivity contribution in [1.82, 2.24) is 14.9 Å². The Labute approximate surface area is 135 Å². The molecule has 0 radical (unpaired) electrons. The first-order valence-corrected chi connectivity index (χ1v) is 8.00. The predicted molar refractivity (Wildman–Crippen MR) is 80.9 cm³/mol. The van der Waals surface area contributed by atoms with E-state index in [1.54, 1.807) is 17.0 Å². The summed E-state index contributed by atoms with van der Waals surface area (Å²) < 4.78 is 19.0. The maximum absolute atomic E-state index is 12.8. The van der Waals surface area contributed by atoms with Crippen molar-refractivity contribution in [2.75, 3.05) is 13.1 Å². The van der Waals surface area contributed by atoms with Crippen LogP contribution in [0.3, 0.4) is 0 Å². The Balaban J connectivity index is 1.63. The molecule has 0 saturated carbocycles. The number of hydrogen-bond acceptors (Lipinski definition) is 5. The Hall–Kier alpha value is -1.73. The van der Waals surface area contributed by atoms with Gasteiger partial charge in [-0.25, -0.2) is 14.4 Å². The van der Waals surface area contributed by atoms with E-state index in [0.29, 0.717) is 22.3 Å². The minimum Gasteiger partial charge on any atom is -0.458 e. The first-order chi connectivity index (χ1) is 10.6. The lowest BCUT2D eigenvalue weighted by molar-refractivity contribution is 0.0519. The number of aromatic nitrogens is 2. The van der Waals surface area contributed by atoms with E-state index in [-0.39, 0.29) is 18.0 Å². The second-order valence-electron chi connectivity index (χ2n) is 4.92. The molecule has 1 fully saturated rings. The number of piperidine rings is 1. The van der Waals surface area contributed by atoms with Gasteiger partial charge in [0.15, 0.2) is 5.82 Å². The van der Waals surface area contributed by atoms with Crippen LogP contribution in [0.15, 0.2) is 24.5 Å². The maximum Gasteiger partial charge on any atom is 0.316 e. The molecule has 1 aliphatic heterocycles. The summed E-state index contributed by atoms with van der Waals surface area (Å²) in [5.41, 5.74) is 0. The number of amides is 1. The molecule has 1 amide bonds. The predicted octanol–water partition coefficient (Wildman–Crippen LogP) is 3.01. The van der Waals surface area contributed by atoms with Gasteiger partial charge in [0.25, 0.3) is 5.91 Å². The summed E-state index contributed by atoms with van der Waals surface area (Å²) >= 11 is 7.13. The molecular weight excluding hydrogens is 329 g/mol. The Morgan fingerprint density at radius 3 is 2.86 bits per heavy atom. The van der Waals surface area contributed by atoms with Crippen LogP contribution in [0, 0.1) is 5.82 Å². The summed E-state index contributed by atoms with van der Waals surface area (Å²) in [7, 11) is 0. The van der Waals surface area contributed by atoms with E-state index < -0.39 is 5.82 Å². The number of nitrogens with zero attached hydrogens (tertiary/aromatic N) is 3. The number of halogens is 2. The van der Waals surface area contributed by atoms with Gasteiger partial charge in [0, 0.05) is 6.54 Å². The van der Waals surface area contributed by atoms with Gasteiger partial charge in [-0.05, 0) is 25.0 Å². The fourth-order valence-electron chi connectivity index (χ4n) is 2.31. The van der Waals surface area contributed by atoms with E-state index in [0.717, 1.165) is 25.2 Å². The monoisotopic (exact) mass is 341 g/mol. The fourth-order valence-corrected chi connectivity index (χ4v) is 3.33. The third kappa shape index (κ3) is 3.53. The molecule has 0 aromatic carbocycles. The zero-order chi connectivity index (χ0) is 15.5. The number of thiophene rings is 1. The molecule has 1 aliphatic rings. The van der Waals surface area contributed by atoms with Gasteiger partial charge in [0.05, 0.1) is 28.2 Å². The average Bonchev–Trinajstić information content (AvgIpc) is 2.96.